The Hall–Kier alpha value is -4.16. The predicted octanol–water partition coefficient (Wildman–Crippen LogP) is 5.68. The van der Waals surface area contributed by atoms with E-state index in [0.717, 1.165) is 10.8 Å². The molecule has 1 aliphatic heterocycles. The molecular weight excluding hydrogens is 616 g/mol. The molecule has 1 heterocycles. The second kappa shape index (κ2) is 13.5. The van der Waals surface area contributed by atoms with E-state index in [4.69, 9.17) is 16.3 Å². The van der Waals surface area contributed by atoms with Crippen molar-refractivity contribution in [2.24, 2.45) is 5.92 Å². The summed E-state index contributed by atoms with van der Waals surface area (Å²) >= 11 is 5.95. The number of hydrogen-bond donors (Lipinski definition) is 3. The fourth-order valence-corrected chi connectivity index (χ4v) is 6.58. The van der Waals surface area contributed by atoms with Crippen LogP contribution in [0.25, 0.3) is 10.8 Å². The van der Waals surface area contributed by atoms with E-state index in [1.807, 2.05) is 43.3 Å². The summed E-state index contributed by atoms with van der Waals surface area (Å²) in [5, 5.41) is 17.9. The highest BCUT2D eigenvalue weighted by atomic mass is 35.5. The van der Waals surface area contributed by atoms with Crippen LogP contribution in [0.4, 0.5) is 16.2 Å². The number of nitrogens with one attached hydrogen (secondary N) is 2. The molecule has 3 amide bonds. The number of nitrogens with zero attached hydrogens (tertiary/aromatic N) is 2. The first-order valence-electron chi connectivity index (χ1n) is 14.5. The number of carbonyl (C=O) groups is 2. The number of halogens is 1. The molecule has 236 valence electrons. The van der Waals surface area contributed by atoms with Gasteiger partial charge in [-0.1, -0.05) is 54.9 Å². The van der Waals surface area contributed by atoms with Gasteiger partial charge in [0, 0.05) is 35.6 Å². The highest BCUT2D eigenvalue weighted by Gasteiger charge is 2.35. The van der Waals surface area contributed by atoms with Crippen LogP contribution in [-0.4, -0.2) is 73.6 Å². The monoisotopic (exact) mass is 650 g/mol. The molecule has 5 rings (SSSR count). The Balaban J connectivity index is 1.41. The molecule has 0 fully saturated rings. The minimum Gasteiger partial charge on any atom is -0.488 e. The quantitative estimate of drug-likeness (QED) is 0.225. The van der Waals surface area contributed by atoms with Crippen molar-refractivity contribution in [3.05, 3.63) is 95.5 Å². The molecule has 0 bridgehead atoms. The zero-order chi connectivity index (χ0) is 32.3. The average Bonchev–Trinajstić information content (AvgIpc) is 3.03. The lowest BCUT2D eigenvalue weighted by Gasteiger charge is -2.38. The van der Waals surface area contributed by atoms with Crippen LogP contribution in [0.3, 0.4) is 0 Å². The van der Waals surface area contributed by atoms with Crippen LogP contribution >= 0.6 is 11.6 Å². The number of ether oxygens (including phenoxy) is 1. The van der Waals surface area contributed by atoms with Crippen molar-refractivity contribution in [2.75, 3.05) is 37.4 Å². The van der Waals surface area contributed by atoms with Gasteiger partial charge >= 0.3 is 6.03 Å². The number of urea groups is 1. The summed E-state index contributed by atoms with van der Waals surface area (Å²) in [5.74, 6) is -0.440. The summed E-state index contributed by atoms with van der Waals surface area (Å²) in [6.45, 7) is 3.54. The molecule has 45 heavy (non-hydrogen) atoms. The summed E-state index contributed by atoms with van der Waals surface area (Å²) in [5.41, 5.74) is 1.17. The number of fused-ring (bicyclic) bond motifs is 2. The molecule has 4 aromatic carbocycles. The predicted molar refractivity (Wildman–Crippen MR) is 175 cm³/mol. The summed E-state index contributed by atoms with van der Waals surface area (Å²) in [7, 11) is -2.39. The maximum atomic E-state index is 13.8. The number of benzene rings is 4. The largest absolute Gasteiger partial charge is 0.488 e. The van der Waals surface area contributed by atoms with Gasteiger partial charge in [-0.15, -0.1) is 0 Å². The fraction of sp³-hybridized carbons (Fsp3) is 0.273. The minimum absolute atomic E-state index is 0.00541. The smallest absolute Gasteiger partial charge is 0.323 e. The average molecular weight is 651 g/mol. The summed E-state index contributed by atoms with van der Waals surface area (Å²) in [6, 6.07) is 22.9. The second-order valence-corrected chi connectivity index (χ2v) is 13.7. The summed E-state index contributed by atoms with van der Waals surface area (Å²) in [4.78, 5) is 28.5. The Morgan fingerprint density at radius 3 is 2.51 bits per heavy atom. The third-order valence-corrected chi connectivity index (χ3v) is 10.0. The van der Waals surface area contributed by atoms with Gasteiger partial charge in [-0.25, -0.2) is 13.2 Å². The van der Waals surface area contributed by atoms with Crippen molar-refractivity contribution in [1.82, 2.24) is 9.21 Å². The van der Waals surface area contributed by atoms with Crippen molar-refractivity contribution in [3.63, 3.8) is 0 Å². The first kappa shape index (κ1) is 32.2. The van der Waals surface area contributed by atoms with Gasteiger partial charge in [0.15, 0.2) is 0 Å². The van der Waals surface area contributed by atoms with Crippen molar-refractivity contribution < 1.29 is 27.9 Å². The highest BCUT2D eigenvalue weighted by molar-refractivity contribution is 7.89. The molecule has 4 aromatic rings. The van der Waals surface area contributed by atoms with E-state index < -0.39 is 28.2 Å². The third kappa shape index (κ3) is 7.07. The van der Waals surface area contributed by atoms with E-state index in [9.17, 15) is 23.1 Å². The minimum atomic E-state index is -3.86. The number of hydrogen-bond acceptors (Lipinski definition) is 6. The molecule has 10 nitrogen and oxygen atoms in total. The van der Waals surface area contributed by atoms with Crippen LogP contribution < -0.4 is 15.4 Å². The number of rotatable bonds is 8. The molecule has 0 unspecified atom stereocenters. The van der Waals surface area contributed by atoms with Gasteiger partial charge < -0.3 is 25.4 Å². The fourth-order valence-electron chi connectivity index (χ4n) is 5.28. The normalized spacial score (nSPS) is 17.6. The van der Waals surface area contributed by atoms with Crippen LogP contribution in [0, 0.1) is 5.92 Å². The van der Waals surface area contributed by atoms with E-state index in [1.54, 1.807) is 30.0 Å². The molecular formula is C33H35ClN4O6S. The first-order valence-corrected chi connectivity index (χ1v) is 16.3. The van der Waals surface area contributed by atoms with Gasteiger partial charge in [0.2, 0.25) is 10.0 Å². The van der Waals surface area contributed by atoms with Gasteiger partial charge in [-0.2, -0.15) is 4.31 Å². The lowest BCUT2D eigenvalue weighted by atomic mass is 9.99. The van der Waals surface area contributed by atoms with Gasteiger partial charge in [0.1, 0.15) is 11.9 Å². The van der Waals surface area contributed by atoms with Gasteiger partial charge in [-0.3, -0.25) is 4.79 Å². The molecule has 1 aliphatic rings. The SMILES string of the molecule is C[C@H]1CN([C@@H](C)CO)C(=O)c2cc(NC(=O)Nc3cccc4ccccc34)ccc2O[C@H]1CN(C)S(=O)(=O)c1ccc(Cl)cc1. The number of sulfonamides is 1. The standard InChI is InChI=1S/C33H35ClN4O6S/c1-21-18-38(22(2)20-39)32(40)28-17-25(35-33(41)36-29-10-6-8-23-7-4-5-9-27(23)29)13-16-30(28)44-31(21)19-37(3)45(42,43)26-14-11-24(34)12-15-26/h4-17,21-22,31,39H,18-20H2,1-3H3,(H2,35,36,41)/t21-,22-,31-/m0/s1. The number of amides is 3. The molecule has 0 aromatic heterocycles. The van der Waals surface area contributed by atoms with E-state index in [2.05, 4.69) is 10.6 Å². The van der Waals surface area contributed by atoms with Crippen LogP contribution in [-0.2, 0) is 10.0 Å². The van der Waals surface area contributed by atoms with Crippen molar-refractivity contribution in [3.8, 4) is 5.75 Å². The van der Waals surface area contributed by atoms with Gasteiger partial charge in [-0.05, 0) is 60.8 Å². The molecule has 3 atom stereocenters. The Bertz CT molecular complexity index is 1810. The number of aliphatic hydroxyl groups excluding tert-OH is 1. The zero-order valence-corrected chi connectivity index (χ0v) is 26.7. The van der Waals surface area contributed by atoms with Crippen LogP contribution in [0.5, 0.6) is 5.75 Å². The van der Waals surface area contributed by atoms with Crippen LogP contribution in [0.1, 0.15) is 24.2 Å². The molecule has 3 N–H and O–H groups in total. The topological polar surface area (TPSA) is 128 Å². The Kier molecular flexibility index (Phi) is 9.64. The van der Waals surface area contributed by atoms with E-state index in [0.29, 0.717) is 16.4 Å². The van der Waals surface area contributed by atoms with Crippen molar-refractivity contribution in [1.29, 1.82) is 0 Å². The number of likely N-dealkylation sites (N-methyl/N-ethyl adjacent to an activating group) is 1. The molecule has 0 saturated carbocycles. The Morgan fingerprint density at radius 2 is 1.78 bits per heavy atom. The van der Waals surface area contributed by atoms with Gasteiger partial charge in [0.05, 0.1) is 35.3 Å². The second-order valence-electron chi connectivity index (χ2n) is 11.2. The van der Waals surface area contributed by atoms with Crippen LogP contribution in [0.2, 0.25) is 5.02 Å². The molecule has 0 spiro atoms. The van der Waals surface area contributed by atoms with E-state index in [-0.39, 0.29) is 47.7 Å². The number of aliphatic hydroxyl groups is 1. The summed E-state index contributed by atoms with van der Waals surface area (Å²) in [6.07, 6.45) is -0.647. The highest BCUT2D eigenvalue weighted by Crippen LogP contribution is 2.32. The van der Waals surface area contributed by atoms with Crippen LogP contribution in [0.15, 0.2) is 89.8 Å². The van der Waals surface area contributed by atoms with Crippen molar-refractivity contribution in [2.45, 2.75) is 30.9 Å². The maximum absolute atomic E-state index is 13.8. The molecule has 12 heteroatoms. The molecule has 0 radical (unpaired) electrons. The Morgan fingerprint density at radius 1 is 1.07 bits per heavy atom. The third-order valence-electron chi connectivity index (χ3n) is 7.92. The van der Waals surface area contributed by atoms with Crippen molar-refractivity contribution >= 4 is 55.7 Å². The lowest BCUT2D eigenvalue weighted by molar-refractivity contribution is 0.0387. The Labute approximate surface area is 267 Å². The molecule has 0 saturated heterocycles. The van der Waals surface area contributed by atoms with E-state index >= 15 is 0 Å². The molecule has 0 aliphatic carbocycles. The van der Waals surface area contributed by atoms with Gasteiger partial charge in [0.25, 0.3) is 5.91 Å². The summed E-state index contributed by atoms with van der Waals surface area (Å²) < 4.78 is 34.2. The maximum Gasteiger partial charge on any atom is 0.323 e. The lowest BCUT2D eigenvalue weighted by Crippen LogP contribution is -2.50. The number of anilines is 2. The van der Waals surface area contributed by atoms with E-state index in [1.165, 1.54) is 41.7 Å². The number of carbonyl (C=O) groups excluding carboxylic acids is 2. The zero-order valence-electron chi connectivity index (χ0n) is 25.1. The first-order chi connectivity index (χ1) is 21.5.